The van der Waals surface area contributed by atoms with Crippen molar-refractivity contribution >= 4 is 31.9 Å². The Morgan fingerprint density at radius 2 is 1.75 bits per heavy atom. The number of halogens is 2. The van der Waals surface area contributed by atoms with Crippen molar-refractivity contribution in [3.8, 4) is 0 Å². The Balaban J connectivity index is 3.12. The van der Waals surface area contributed by atoms with E-state index in [0.717, 1.165) is 8.95 Å². The lowest BCUT2D eigenvalue weighted by molar-refractivity contribution is 0.647. The zero-order valence-corrected chi connectivity index (χ0v) is 10.2. The minimum absolute atomic E-state index is 0.356. The molecular formula is C9H11Br2N. The Bertz CT molecular complexity index is 253. The van der Waals surface area contributed by atoms with Gasteiger partial charge in [-0.05, 0) is 31.7 Å². The van der Waals surface area contributed by atoms with Crippen molar-refractivity contribution in [3.05, 3.63) is 32.7 Å². The van der Waals surface area contributed by atoms with Crippen LogP contribution >= 0.6 is 31.9 Å². The summed E-state index contributed by atoms with van der Waals surface area (Å²) in [5.41, 5.74) is 1.26. The zero-order valence-electron chi connectivity index (χ0n) is 7.07. The highest BCUT2D eigenvalue weighted by Gasteiger charge is 2.09. The van der Waals surface area contributed by atoms with Crippen molar-refractivity contribution < 1.29 is 0 Å². The summed E-state index contributed by atoms with van der Waals surface area (Å²) in [5.74, 6) is 0. The third-order valence-corrected chi connectivity index (χ3v) is 3.25. The van der Waals surface area contributed by atoms with Gasteiger partial charge in [-0.25, -0.2) is 0 Å². The zero-order chi connectivity index (χ0) is 9.14. The van der Waals surface area contributed by atoms with E-state index in [2.05, 4.69) is 44.1 Å². The smallest absolute Gasteiger partial charge is 0.0311 e. The summed E-state index contributed by atoms with van der Waals surface area (Å²) >= 11 is 7.04. The second-order valence-electron chi connectivity index (χ2n) is 2.65. The Hall–Kier alpha value is 0.140. The first kappa shape index (κ1) is 10.2. The molecule has 0 spiro atoms. The molecule has 1 nitrogen and oxygen atoms in total. The lowest BCUT2D eigenvalue weighted by Gasteiger charge is -2.14. The molecule has 0 aliphatic heterocycles. The van der Waals surface area contributed by atoms with E-state index < -0.39 is 0 Å². The number of rotatable bonds is 2. The summed E-state index contributed by atoms with van der Waals surface area (Å²) in [5, 5.41) is 3.20. The van der Waals surface area contributed by atoms with Gasteiger partial charge in [0.15, 0.2) is 0 Å². The molecule has 1 N–H and O–H groups in total. The van der Waals surface area contributed by atoms with Gasteiger partial charge in [0.05, 0.1) is 0 Å². The van der Waals surface area contributed by atoms with Crippen LogP contribution in [0.3, 0.4) is 0 Å². The van der Waals surface area contributed by atoms with E-state index in [1.807, 2.05) is 25.2 Å². The van der Waals surface area contributed by atoms with Gasteiger partial charge >= 0.3 is 0 Å². The van der Waals surface area contributed by atoms with Crippen LogP contribution in [-0.4, -0.2) is 7.05 Å². The number of hydrogen-bond acceptors (Lipinski definition) is 1. The summed E-state index contributed by atoms with van der Waals surface area (Å²) in [6.45, 7) is 2.13. The molecular weight excluding hydrogens is 282 g/mol. The molecule has 66 valence electrons. The van der Waals surface area contributed by atoms with Gasteiger partial charge in [-0.15, -0.1) is 0 Å². The summed E-state index contributed by atoms with van der Waals surface area (Å²) < 4.78 is 2.28. The lowest BCUT2D eigenvalue weighted by atomic mass is 10.1. The van der Waals surface area contributed by atoms with Crippen LogP contribution in [0, 0.1) is 0 Å². The van der Waals surface area contributed by atoms with Crippen molar-refractivity contribution in [2.45, 2.75) is 13.0 Å². The first-order chi connectivity index (χ1) is 5.66. The molecule has 0 aromatic heterocycles. The maximum Gasteiger partial charge on any atom is 0.0311 e. The first-order valence-corrected chi connectivity index (χ1v) is 5.36. The summed E-state index contributed by atoms with van der Waals surface area (Å²) in [6, 6.07) is 6.47. The number of hydrogen-bond donors (Lipinski definition) is 1. The predicted molar refractivity (Wildman–Crippen MR) is 59.3 cm³/mol. The SMILES string of the molecule is CNC(C)c1c(Br)cccc1Br. The van der Waals surface area contributed by atoms with Gasteiger partial charge in [-0.1, -0.05) is 37.9 Å². The first-order valence-electron chi connectivity index (χ1n) is 3.78. The fourth-order valence-corrected chi connectivity index (χ4v) is 2.75. The minimum atomic E-state index is 0.356. The van der Waals surface area contributed by atoms with Crippen LogP contribution < -0.4 is 5.32 Å². The summed E-state index contributed by atoms with van der Waals surface area (Å²) in [7, 11) is 1.95. The molecule has 12 heavy (non-hydrogen) atoms. The van der Waals surface area contributed by atoms with Crippen LogP contribution in [0.5, 0.6) is 0 Å². The van der Waals surface area contributed by atoms with Crippen LogP contribution in [0.15, 0.2) is 27.1 Å². The molecule has 0 amide bonds. The Morgan fingerprint density at radius 3 is 2.17 bits per heavy atom. The van der Waals surface area contributed by atoms with Gasteiger partial charge < -0.3 is 5.32 Å². The molecule has 0 bridgehead atoms. The molecule has 0 saturated carbocycles. The lowest BCUT2D eigenvalue weighted by Crippen LogP contribution is -2.13. The average Bonchev–Trinajstić information content (AvgIpc) is 2.03. The van der Waals surface area contributed by atoms with Crippen LogP contribution in [0.4, 0.5) is 0 Å². The monoisotopic (exact) mass is 291 g/mol. The number of benzene rings is 1. The second kappa shape index (κ2) is 4.40. The fraction of sp³-hybridized carbons (Fsp3) is 0.333. The molecule has 0 saturated heterocycles. The second-order valence-corrected chi connectivity index (χ2v) is 4.35. The third kappa shape index (κ3) is 2.09. The molecule has 1 atom stereocenters. The standard InChI is InChI=1S/C9H11Br2N/c1-6(12-2)9-7(10)4-3-5-8(9)11/h3-6,12H,1-2H3. The van der Waals surface area contributed by atoms with Crippen LogP contribution in [0.2, 0.25) is 0 Å². The largest absolute Gasteiger partial charge is 0.313 e. The highest BCUT2D eigenvalue weighted by atomic mass is 79.9. The molecule has 0 heterocycles. The highest BCUT2D eigenvalue weighted by Crippen LogP contribution is 2.30. The normalized spacial score (nSPS) is 13.0. The Kier molecular flexibility index (Phi) is 3.75. The van der Waals surface area contributed by atoms with Crippen molar-refractivity contribution in [1.82, 2.24) is 5.32 Å². The molecule has 1 aromatic carbocycles. The van der Waals surface area contributed by atoms with E-state index in [1.165, 1.54) is 5.56 Å². The van der Waals surface area contributed by atoms with E-state index in [0.29, 0.717) is 6.04 Å². The van der Waals surface area contributed by atoms with Gasteiger partial charge in [0, 0.05) is 15.0 Å². The van der Waals surface area contributed by atoms with Crippen LogP contribution in [-0.2, 0) is 0 Å². The van der Waals surface area contributed by atoms with E-state index in [4.69, 9.17) is 0 Å². The van der Waals surface area contributed by atoms with Gasteiger partial charge in [0.2, 0.25) is 0 Å². The Labute approximate surface area is 89.8 Å². The molecule has 1 aromatic rings. The van der Waals surface area contributed by atoms with Crippen LogP contribution in [0.25, 0.3) is 0 Å². The molecule has 0 radical (unpaired) electrons. The predicted octanol–water partition coefficient (Wildman–Crippen LogP) is 3.49. The summed E-state index contributed by atoms with van der Waals surface area (Å²) in [4.78, 5) is 0. The van der Waals surface area contributed by atoms with E-state index >= 15 is 0 Å². The minimum Gasteiger partial charge on any atom is -0.313 e. The van der Waals surface area contributed by atoms with Gasteiger partial charge in [0.25, 0.3) is 0 Å². The van der Waals surface area contributed by atoms with Gasteiger partial charge in [-0.2, -0.15) is 0 Å². The van der Waals surface area contributed by atoms with E-state index in [-0.39, 0.29) is 0 Å². The highest BCUT2D eigenvalue weighted by molar-refractivity contribution is 9.11. The number of nitrogens with one attached hydrogen (secondary N) is 1. The van der Waals surface area contributed by atoms with Crippen molar-refractivity contribution in [2.24, 2.45) is 0 Å². The maximum atomic E-state index is 3.52. The molecule has 0 aliphatic carbocycles. The molecule has 0 aliphatic rings. The quantitative estimate of drug-likeness (QED) is 0.880. The third-order valence-electron chi connectivity index (χ3n) is 1.87. The van der Waals surface area contributed by atoms with Crippen molar-refractivity contribution in [1.29, 1.82) is 0 Å². The average molecular weight is 293 g/mol. The van der Waals surface area contributed by atoms with Crippen LogP contribution in [0.1, 0.15) is 18.5 Å². The van der Waals surface area contributed by atoms with E-state index in [1.54, 1.807) is 0 Å². The van der Waals surface area contributed by atoms with Gasteiger partial charge in [-0.3, -0.25) is 0 Å². The molecule has 0 fully saturated rings. The van der Waals surface area contributed by atoms with E-state index in [9.17, 15) is 0 Å². The topological polar surface area (TPSA) is 12.0 Å². The van der Waals surface area contributed by atoms with Crippen molar-refractivity contribution in [3.63, 3.8) is 0 Å². The van der Waals surface area contributed by atoms with Gasteiger partial charge in [0.1, 0.15) is 0 Å². The molecule has 1 unspecified atom stereocenters. The Morgan fingerprint density at radius 1 is 1.25 bits per heavy atom. The van der Waals surface area contributed by atoms with Crippen molar-refractivity contribution in [2.75, 3.05) is 7.05 Å². The maximum absolute atomic E-state index is 3.52. The fourth-order valence-electron chi connectivity index (χ4n) is 1.07. The molecule has 1 rings (SSSR count). The summed E-state index contributed by atoms with van der Waals surface area (Å²) in [6.07, 6.45) is 0. The molecule has 3 heteroatoms.